The molecule has 5 unspecified atom stereocenters. The molecule has 190 valence electrons. The van der Waals surface area contributed by atoms with Gasteiger partial charge in [0.25, 0.3) is 0 Å². The fraction of sp³-hybridized carbons (Fsp3) is 0.767. The Bertz CT molecular complexity index is 925. The summed E-state index contributed by atoms with van der Waals surface area (Å²) in [6, 6.07) is 0. The fourth-order valence-electron chi connectivity index (χ4n) is 7.04. The number of carbonyl (C=O) groups excluding carboxylic acids is 3. The third-order valence-corrected chi connectivity index (χ3v) is 9.09. The second-order valence-electron chi connectivity index (χ2n) is 13.2. The highest BCUT2D eigenvalue weighted by Crippen LogP contribution is 2.67. The Hall–Kier alpha value is -1.55. The molecule has 1 heterocycles. The first-order chi connectivity index (χ1) is 15.5. The summed E-state index contributed by atoms with van der Waals surface area (Å²) in [5.74, 6) is -1.32. The van der Waals surface area contributed by atoms with Gasteiger partial charge in [-0.1, -0.05) is 51.0 Å². The minimum atomic E-state index is -1.61. The zero-order valence-electron chi connectivity index (χ0n) is 23.1. The molecular formula is C30H46O4. The molecular weight excluding hydrogens is 424 g/mol. The van der Waals surface area contributed by atoms with Crippen molar-refractivity contribution in [3.8, 4) is 0 Å². The molecule has 2 aliphatic carbocycles. The quantitative estimate of drug-likeness (QED) is 0.321. The fourth-order valence-corrected chi connectivity index (χ4v) is 7.04. The van der Waals surface area contributed by atoms with E-state index in [0.717, 1.165) is 18.4 Å². The van der Waals surface area contributed by atoms with Gasteiger partial charge in [0.1, 0.15) is 0 Å². The number of ether oxygens (including phenoxy) is 1. The van der Waals surface area contributed by atoms with Gasteiger partial charge in [0.05, 0.1) is 17.1 Å². The molecule has 0 amide bonds. The standard InChI is InChI=1S/C30H46O4/c1-18(2)11-12-21-17-29(16-13-19(3)4)25-22(14-15-27(7,8)34-25)24(32)30(26(29)33,28(21,9)10)23(31)20(5)6/h11,13,20-22,25H,12,14-17H2,1-10H3. The predicted octanol–water partition coefficient (Wildman–Crippen LogP) is 6.67. The largest absolute Gasteiger partial charge is 0.371 e. The smallest absolute Gasteiger partial charge is 0.163 e. The lowest BCUT2D eigenvalue weighted by molar-refractivity contribution is -0.232. The molecule has 4 nitrogen and oxygen atoms in total. The van der Waals surface area contributed by atoms with E-state index in [2.05, 4.69) is 39.8 Å². The number of allylic oxidation sites excluding steroid dienone is 4. The molecule has 0 aromatic heterocycles. The van der Waals surface area contributed by atoms with Crippen molar-refractivity contribution >= 4 is 17.3 Å². The van der Waals surface area contributed by atoms with Gasteiger partial charge in [-0.25, -0.2) is 0 Å². The molecule has 0 aromatic rings. The van der Waals surface area contributed by atoms with E-state index in [0.29, 0.717) is 19.3 Å². The predicted molar refractivity (Wildman–Crippen MR) is 136 cm³/mol. The minimum Gasteiger partial charge on any atom is -0.371 e. The van der Waals surface area contributed by atoms with Crippen molar-refractivity contribution in [2.24, 2.45) is 34.0 Å². The summed E-state index contributed by atoms with van der Waals surface area (Å²) < 4.78 is 6.67. The monoisotopic (exact) mass is 470 g/mol. The Morgan fingerprint density at radius 2 is 1.62 bits per heavy atom. The van der Waals surface area contributed by atoms with Gasteiger partial charge in [0, 0.05) is 11.8 Å². The minimum absolute atomic E-state index is 0.0203. The van der Waals surface area contributed by atoms with Crippen molar-refractivity contribution in [1.29, 1.82) is 0 Å². The molecule has 0 N–H and O–H groups in total. The number of ketones is 3. The van der Waals surface area contributed by atoms with Crippen molar-refractivity contribution in [2.45, 2.75) is 113 Å². The van der Waals surface area contributed by atoms with Crippen molar-refractivity contribution in [3.05, 3.63) is 23.3 Å². The van der Waals surface area contributed by atoms with Gasteiger partial charge in [-0.2, -0.15) is 0 Å². The zero-order valence-corrected chi connectivity index (χ0v) is 23.1. The summed E-state index contributed by atoms with van der Waals surface area (Å²) in [5, 5.41) is 0. The number of Topliss-reactive ketones (excluding diaryl/α,β-unsaturated/α-hetero) is 3. The van der Waals surface area contributed by atoms with Crippen LogP contribution in [0.3, 0.4) is 0 Å². The van der Waals surface area contributed by atoms with Gasteiger partial charge in [0.2, 0.25) is 0 Å². The summed E-state index contributed by atoms with van der Waals surface area (Å²) >= 11 is 0. The van der Waals surface area contributed by atoms with E-state index in [1.165, 1.54) is 5.57 Å². The lowest BCUT2D eigenvalue weighted by Crippen LogP contribution is -2.76. The van der Waals surface area contributed by atoms with Crippen LogP contribution in [-0.2, 0) is 19.1 Å². The highest BCUT2D eigenvalue weighted by Gasteiger charge is 2.78. The van der Waals surface area contributed by atoms with Crippen LogP contribution in [0.5, 0.6) is 0 Å². The summed E-state index contributed by atoms with van der Waals surface area (Å²) in [6.07, 6.45) is 7.18. The number of hydrogen-bond donors (Lipinski definition) is 0. The molecule has 3 aliphatic rings. The molecule has 2 saturated carbocycles. The first-order valence-corrected chi connectivity index (χ1v) is 13.1. The van der Waals surface area contributed by atoms with E-state index in [9.17, 15) is 14.4 Å². The van der Waals surface area contributed by atoms with E-state index < -0.39 is 39.8 Å². The van der Waals surface area contributed by atoms with Gasteiger partial charge < -0.3 is 4.74 Å². The zero-order chi connectivity index (χ0) is 25.9. The van der Waals surface area contributed by atoms with Crippen LogP contribution in [0.1, 0.15) is 101 Å². The Morgan fingerprint density at radius 1 is 1.03 bits per heavy atom. The topological polar surface area (TPSA) is 60.4 Å². The van der Waals surface area contributed by atoms with Crippen LogP contribution < -0.4 is 0 Å². The summed E-state index contributed by atoms with van der Waals surface area (Å²) in [6.45, 7) is 20.0. The first kappa shape index (κ1) is 27.0. The average molecular weight is 471 g/mol. The number of fused-ring (bicyclic) bond motifs is 4. The van der Waals surface area contributed by atoms with Gasteiger partial charge in [-0.15, -0.1) is 0 Å². The number of rotatable bonds is 6. The maximum Gasteiger partial charge on any atom is 0.163 e. The van der Waals surface area contributed by atoms with Crippen LogP contribution in [0.2, 0.25) is 0 Å². The van der Waals surface area contributed by atoms with Gasteiger partial charge in [-0.3, -0.25) is 14.4 Å². The SMILES string of the molecule is CC(C)=CCC1CC2(CC=C(C)C)C(=O)C(C(=O)C(C)C)(C(=O)C3CCC(C)(C)OC32)C1(C)C. The summed E-state index contributed by atoms with van der Waals surface area (Å²) in [5.41, 5.74) is -1.29. The van der Waals surface area contributed by atoms with Crippen molar-refractivity contribution < 1.29 is 19.1 Å². The first-order valence-electron chi connectivity index (χ1n) is 13.1. The van der Waals surface area contributed by atoms with E-state index in [4.69, 9.17) is 4.74 Å². The third-order valence-electron chi connectivity index (χ3n) is 9.09. The summed E-state index contributed by atoms with van der Waals surface area (Å²) in [7, 11) is 0. The second kappa shape index (κ2) is 8.84. The van der Waals surface area contributed by atoms with E-state index in [1.54, 1.807) is 0 Å². The highest BCUT2D eigenvalue weighted by molar-refractivity contribution is 6.29. The molecule has 3 rings (SSSR count). The third kappa shape index (κ3) is 3.88. The van der Waals surface area contributed by atoms with Gasteiger partial charge in [-0.05, 0) is 85.0 Å². The molecule has 4 heteroatoms. The highest BCUT2D eigenvalue weighted by atomic mass is 16.5. The Balaban J connectivity index is 2.35. The molecule has 1 saturated heterocycles. The molecule has 34 heavy (non-hydrogen) atoms. The van der Waals surface area contributed by atoms with Crippen molar-refractivity contribution in [1.82, 2.24) is 0 Å². The van der Waals surface area contributed by atoms with E-state index in [-0.39, 0.29) is 23.3 Å². The van der Waals surface area contributed by atoms with Crippen molar-refractivity contribution in [2.75, 3.05) is 0 Å². The number of carbonyl (C=O) groups is 3. The van der Waals surface area contributed by atoms with Gasteiger partial charge >= 0.3 is 0 Å². The second-order valence-corrected chi connectivity index (χ2v) is 13.2. The van der Waals surface area contributed by atoms with Crippen molar-refractivity contribution in [3.63, 3.8) is 0 Å². The molecule has 0 spiro atoms. The van der Waals surface area contributed by atoms with E-state index in [1.807, 2.05) is 41.5 Å². The van der Waals surface area contributed by atoms with Crippen LogP contribution in [0.4, 0.5) is 0 Å². The lowest BCUT2D eigenvalue weighted by atomic mass is 9.36. The molecule has 1 aliphatic heterocycles. The van der Waals surface area contributed by atoms with Gasteiger partial charge in [0.15, 0.2) is 22.8 Å². The van der Waals surface area contributed by atoms with Crippen LogP contribution in [0, 0.1) is 34.0 Å². The van der Waals surface area contributed by atoms with E-state index >= 15 is 0 Å². The molecule has 5 atom stereocenters. The maximum absolute atomic E-state index is 14.8. The summed E-state index contributed by atoms with van der Waals surface area (Å²) in [4.78, 5) is 43.4. The molecule has 2 bridgehead atoms. The van der Waals surface area contributed by atoms with Crippen LogP contribution >= 0.6 is 0 Å². The maximum atomic E-state index is 14.8. The normalized spacial score (nSPS) is 36.0. The molecule has 3 fully saturated rings. The Kier molecular flexibility index (Phi) is 7.03. The lowest BCUT2D eigenvalue weighted by Gasteiger charge is -2.65. The van der Waals surface area contributed by atoms with Crippen LogP contribution in [-0.4, -0.2) is 29.1 Å². The Morgan fingerprint density at radius 3 is 2.15 bits per heavy atom. The van der Waals surface area contributed by atoms with Crippen LogP contribution in [0.25, 0.3) is 0 Å². The van der Waals surface area contributed by atoms with Crippen LogP contribution in [0.15, 0.2) is 23.3 Å². The number of hydrogen-bond acceptors (Lipinski definition) is 4. The Labute approximate surface area is 207 Å². The molecule has 0 aromatic carbocycles. The molecule has 0 radical (unpaired) electrons. The average Bonchev–Trinajstić information content (AvgIpc) is 2.70.